The topological polar surface area (TPSA) is 55.1 Å². The molecule has 1 aromatic rings. The van der Waals surface area contributed by atoms with Gasteiger partial charge in [-0.05, 0) is 6.92 Å². The molecule has 0 spiro atoms. The lowest BCUT2D eigenvalue weighted by Gasteiger charge is -2.18. The van der Waals surface area contributed by atoms with Crippen molar-refractivity contribution in [2.24, 2.45) is 7.05 Å². The lowest BCUT2D eigenvalue weighted by atomic mass is 9.86. The second-order valence-electron chi connectivity index (χ2n) is 4.92. The van der Waals surface area contributed by atoms with Gasteiger partial charge >= 0.3 is 5.97 Å². The van der Waals surface area contributed by atoms with E-state index in [1.807, 2.05) is 27.8 Å². The molecular formula is C11H18N2O2. The first-order chi connectivity index (χ1) is 6.73. The van der Waals surface area contributed by atoms with Crippen molar-refractivity contribution in [3.8, 4) is 0 Å². The molecule has 0 fully saturated rings. The highest BCUT2D eigenvalue weighted by atomic mass is 16.4. The third-order valence-corrected chi connectivity index (χ3v) is 2.40. The zero-order valence-electron chi connectivity index (χ0n) is 9.90. The summed E-state index contributed by atoms with van der Waals surface area (Å²) in [6.45, 7) is 7.79. The fraction of sp³-hybridized carbons (Fsp3) is 0.636. The summed E-state index contributed by atoms with van der Waals surface area (Å²) in [5.41, 5.74) is 1.54. The zero-order valence-corrected chi connectivity index (χ0v) is 9.90. The van der Waals surface area contributed by atoms with Gasteiger partial charge in [-0.1, -0.05) is 20.8 Å². The molecule has 0 amide bonds. The second kappa shape index (κ2) is 3.68. The highest BCUT2D eigenvalue weighted by Crippen LogP contribution is 2.29. The maximum atomic E-state index is 11.0. The summed E-state index contributed by atoms with van der Waals surface area (Å²) in [4.78, 5) is 11.0. The quantitative estimate of drug-likeness (QED) is 0.811. The molecule has 1 unspecified atom stereocenters. The van der Waals surface area contributed by atoms with Crippen LogP contribution in [0.15, 0.2) is 6.20 Å². The van der Waals surface area contributed by atoms with Gasteiger partial charge in [0.05, 0.1) is 11.6 Å². The lowest BCUT2D eigenvalue weighted by Crippen LogP contribution is -2.18. The summed E-state index contributed by atoms with van der Waals surface area (Å²) in [7, 11) is 1.81. The van der Waals surface area contributed by atoms with E-state index in [9.17, 15) is 4.79 Å². The van der Waals surface area contributed by atoms with Crippen molar-refractivity contribution in [3.63, 3.8) is 0 Å². The van der Waals surface area contributed by atoms with Crippen LogP contribution in [0.4, 0.5) is 0 Å². The molecule has 0 saturated carbocycles. The Morgan fingerprint density at radius 2 is 2.07 bits per heavy atom. The average molecular weight is 210 g/mol. The molecule has 1 aromatic heterocycles. The molecule has 1 heterocycles. The van der Waals surface area contributed by atoms with Crippen LogP contribution in [0.5, 0.6) is 0 Å². The number of carboxylic acid groups (broad SMARTS) is 1. The molecule has 0 aliphatic carbocycles. The number of aliphatic carboxylic acids is 1. The molecule has 4 heteroatoms. The van der Waals surface area contributed by atoms with E-state index in [1.165, 1.54) is 0 Å². The van der Waals surface area contributed by atoms with Gasteiger partial charge in [0.25, 0.3) is 0 Å². The van der Waals surface area contributed by atoms with Crippen LogP contribution in [0, 0.1) is 0 Å². The van der Waals surface area contributed by atoms with E-state index in [4.69, 9.17) is 5.11 Å². The predicted octanol–water partition coefficient (Wildman–Crippen LogP) is 1.91. The standard InChI is InChI=1S/C11H18N2O2/c1-7(10(14)15)8-6-13(5)12-9(8)11(2,3)4/h6-7H,1-5H3,(H,14,15). The minimum Gasteiger partial charge on any atom is -0.481 e. The minimum atomic E-state index is -0.812. The van der Waals surface area contributed by atoms with Gasteiger partial charge in [0.15, 0.2) is 0 Å². The number of nitrogens with zero attached hydrogens (tertiary/aromatic N) is 2. The van der Waals surface area contributed by atoms with Crippen LogP contribution in [-0.4, -0.2) is 20.9 Å². The van der Waals surface area contributed by atoms with Crippen molar-refractivity contribution in [1.82, 2.24) is 9.78 Å². The first kappa shape index (κ1) is 11.8. The van der Waals surface area contributed by atoms with Crippen molar-refractivity contribution in [1.29, 1.82) is 0 Å². The minimum absolute atomic E-state index is 0.125. The first-order valence-corrected chi connectivity index (χ1v) is 5.00. The number of rotatable bonds is 2. The highest BCUT2D eigenvalue weighted by molar-refractivity contribution is 5.75. The molecule has 0 bridgehead atoms. The van der Waals surface area contributed by atoms with E-state index in [-0.39, 0.29) is 5.41 Å². The van der Waals surface area contributed by atoms with Gasteiger partial charge in [-0.25, -0.2) is 0 Å². The molecule has 0 aliphatic rings. The average Bonchev–Trinajstić information content (AvgIpc) is 2.44. The van der Waals surface area contributed by atoms with Gasteiger partial charge in [0, 0.05) is 24.2 Å². The maximum absolute atomic E-state index is 11.0. The number of carbonyl (C=O) groups is 1. The Bertz CT molecular complexity index is 374. The smallest absolute Gasteiger partial charge is 0.310 e. The summed E-state index contributed by atoms with van der Waals surface area (Å²) >= 11 is 0. The van der Waals surface area contributed by atoms with Gasteiger partial charge < -0.3 is 5.11 Å². The fourth-order valence-electron chi connectivity index (χ4n) is 1.54. The van der Waals surface area contributed by atoms with Crippen molar-refractivity contribution < 1.29 is 9.90 Å². The van der Waals surface area contributed by atoms with Crippen LogP contribution in [0.3, 0.4) is 0 Å². The third kappa shape index (κ3) is 2.37. The van der Waals surface area contributed by atoms with E-state index in [0.29, 0.717) is 0 Å². The van der Waals surface area contributed by atoms with Crippen LogP contribution >= 0.6 is 0 Å². The van der Waals surface area contributed by atoms with E-state index < -0.39 is 11.9 Å². The molecule has 0 radical (unpaired) electrons. The van der Waals surface area contributed by atoms with Crippen molar-refractivity contribution in [3.05, 3.63) is 17.5 Å². The van der Waals surface area contributed by atoms with Crippen LogP contribution in [0.1, 0.15) is 44.9 Å². The molecule has 84 valence electrons. The lowest BCUT2D eigenvalue weighted by molar-refractivity contribution is -0.138. The highest BCUT2D eigenvalue weighted by Gasteiger charge is 2.27. The van der Waals surface area contributed by atoms with Gasteiger partial charge in [0.1, 0.15) is 0 Å². The van der Waals surface area contributed by atoms with Crippen LogP contribution in [0.25, 0.3) is 0 Å². The SMILES string of the molecule is CC(C(=O)O)c1cn(C)nc1C(C)(C)C. The maximum Gasteiger partial charge on any atom is 0.310 e. The molecule has 0 saturated heterocycles. The van der Waals surface area contributed by atoms with Crippen molar-refractivity contribution in [2.75, 3.05) is 0 Å². The Kier molecular flexibility index (Phi) is 2.88. The van der Waals surface area contributed by atoms with Gasteiger partial charge in [-0.2, -0.15) is 5.10 Å². The second-order valence-corrected chi connectivity index (χ2v) is 4.92. The number of aryl methyl sites for hydroxylation is 1. The number of carboxylic acids is 1. The van der Waals surface area contributed by atoms with Gasteiger partial charge in [0.2, 0.25) is 0 Å². The summed E-state index contributed by atoms with van der Waals surface area (Å²) in [5.74, 6) is -1.32. The number of aromatic nitrogens is 2. The van der Waals surface area contributed by atoms with E-state index in [0.717, 1.165) is 11.3 Å². The summed E-state index contributed by atoms with van der Waals surface area (Å²) < 4.78 is 1.68. The van der Waals surface area contributed by atoms with E-state index >= 15 is 0 Å². The molecule has 1 rings (SSSR count). The Morgan fingerprint density at radius 3 is 2.47 bits per heavy atom. The van der Waals surface area contributed by atoms with Crippen molar-refractivity contribution in [2.45, 2.75) is 39.0 Å². The van der Waals surface area contributed by atoms with E-state index in [2.05, 4.69) is 5.10 Å². The summed E-state index contributed by atoms with van der Waals surface area (Å²) in [5, 5.41) is 13.3. The first-order valence-electron chi connectivity index (χ1n) is 5.00. The third-order valence-electron chi connectivity index (χ3n) is 2.40. The number of hydrogen-bond donors (Lipinski definition) is 1. The molecule has 15 heavy (non-hydrogen) atoms. The molecule has 0 aliphatic heterocycles. The molecule has 0 aromatic carbocycles. The summed E-state index contributed by atoms with van der Waals surface area (Å²) in [6.07, 6.45) is 1.79. The predicted molar refractivity (Wildman–Crippen MR) is 58.0 cm³/mol. The monoisotopic (exact) mass is 210 g/mol. The van der Waals surface area contributed by atoms with Crippen LogP contribution in [0.2, 0.25) is 0 Å². The molecule has 1 N–H and O–H groups in total. The van der Waals surface area contributed by atoms with Crippen LogP contribution in [-0.2, 0) is 17.3 Å². The van der Waals surface area contributed by atoms with Crippen LogP contribution < -0.4 is 0 Å². The van der Waals surface area contributed by atoms with E-state index in [1.54, 1.807) is 17.8 Å². The Morgan fingerprint density at radius 1 is 1.53 bits per heavy atom. The van der Waals surface area contributed by atoms with Crippen molar-refractivity contribution >= 4 is 5.97 Å². The zero-order chi connectivity index (χ0) is 11.8. The molecule has 1 atom stereocenters. The van der Waals surface area contributed by atoms with Gasteiger partial charge in [-0.3, -0.25) is 9.48 Å². The number of hydrogen-bond acceptors (Lipinski definition) is 2. The Balaban J connectivity index is 3.24. The normalized spacial score (nSPS) is 13.9. The van der Waals surface area contributed by atoms with Gasteiger partial charge in [-0.15, -0.1) is 0 Å². The Hall–Kier alpha value is -1.32. The fourth-order valence-corrected chi connectivity index (χ4v) is 1.54. The molecular weight excluding hydrogens is 192 g/mol. The molecule has 4 nitrogen and oxygen atoms in total. The summed E-state index contributed by atoms with van der Waals surface area (Å²) in [6, 6.07) is 0. The Labute approximate surface area is 89.9 Å². The largest absolute Gasteiger partial charge is 0.481 e.